The van der Waals surface area contributed by atoms with E-state index in [9.17, 15) is 14.0 Å². The number of carbonyl (C=O) groups is 2. The average Bonchev–Trinajstić information content (AvgIpc) is 3.23. The van der Waals surface area contributed by atoms with Crippen molar-refractivity contribution in [1.82, 2.24) is 9.80 Å². The molecule has 34 heavy (non-hydrogen) atoms. The van der Waals surface area contributed by atoms with Gasteiger partial charge in [-0.2, -0.15) is 0 Å². The number of ether oxygens (including phenoxy) is 1. The van der Waals surface area contributed by atoms with Crippen LogP contribution in [0.15, 0.2) is 36.4 Å². The van der Waals surface area contributed by atoms with E-state index in [1.807, 2.05) is 30.9 Å². The highest BCUT2D eigenvalue weighted by Crippen LogP contribution is 2.53. The Morgan fingerprint density at radius 3 is 2.59 bits per heavy atom. The maximum Gasteiger partial charge on any atom is 0.257 e. The van der Waals surface area contributed by atoms with Gasteiger partial charge in [0.15, 0.2) is 5.60 Å². The molecule has 3 fully saturated rings. The molecule has 172 valence electrons. The molecule has 0 bridgehead atoms. The molecular weight excluding hydrogens is 430 g/mol. The molecule has 2 aromatic rings. The molecule has 2 amide bonds. The topological polar surface area (TPSA) is 49.9 Å². The van der Waals surface area contributed by atoms with Crippen molar-refractivity contribution in [3.05, 3.63) is 64.5 Å². The van der Waals surface area contributed by atoms with Crippen molar-refractivity contribution in [3.8, 4) is 12.3 Å². The highest BCUT2D eigenvalue weighted by molar-refractivity contribution is 6.32. The minimum absolute atomic E-state index is 0.0155. The molecule has 5 nitrogen and oxygen atoms in total. The first-order chi connectivity index (χ1) is 16.2. The van der Waals surface area contributed by atoms with Gasteiger partial charge in [0.2, 0.25) is 0 Å². The third-order valence-electron chi connectivity index (χ3n) is 7.46. The number of carbonyl (C=O) groups excluding carboxylic acids is 2. The summed E-state index contributed by atoms with van der Waals surface area (Å²) in [4.78, 5) is 30.2. The Morgan fingerprint density at radius 1 is 1.21 bits per heavy atom. The molecule has 3 saturated heterocycles. The number of halogens is 1. The zero-order chi connectivity index (χ0) is 24.3. The van der Waals surface area contributed by atoms with Gasteiger partial charge in [-0.25, -0.2) is 4.39 Å². The first-order valence-electron chi connectivity index (χ1n) is 11.6. The number of benzene rings is 2. The average molecular weight is 456 g/mol. The zero-order valence-electron chi connectivity index (χ0n) is 19.4. The van der Waals surface area contributed by atoms with E-state index in [0.29, 0.717) is 37.0 Å². The van der Waals surface area contributed by atoms with Gasteiger partial charge >= 0.3 is 0 Å². The van der Waals surface area contributed by atoms with Gasteiger partial charge in [0.1, 0.15) is 19.4 Å². The number of fused-ring (bicyclic) bond motifs is 1. The van der Waals surface area contributed by atoms with Crippen LogP contribution in [-0.2, 0) is 9.53 Å². The van der Waals surface area contributed by atoms with Gasteiger partial charge < -0.3 is 14.5 Å². The summed E-state index contributed by atoms with van der Waals surface area (Å²) in [7, 11) is 6.08. The van der Waals surface area contributed by atoms with Gasteiger partial charge in [0.05, 0.1) is 11.6 Å². The molecule has 2 aromatic carbocycles. The van der Waals surface area contributed by atoms with E-state index in [2.05, 4.69) is 12.0 Å². The Balaban J connectivity index is 1.34. The van der Waals surface area contributed by atoms with Crippen LogP contribution < -0.4 is 5.46 Å². The number of hydrogen-bond acceptors (Lipinski definition) is 3. The second-order valence-corrected chi connectivity index (χ2v) is 9.81. The maximum absolute atomic E-state index is 14.4. The molecule has 5 rings (SSSR count). The number of hydrogen-bond donors (Lipinski definition) is 0. The molecular formula is C27H26BFN2O3. The zero-order valence-corrected chi connectivity index (χ0v) is 19.4. The van der Waals surface area contributed by atoms with Gasteiger partial charge in [-0.05, 0) is 50.5 Å². The van der Waals surface area contributed by atoms with E-state index in [0.717, 1.165) is 24.0 Å². The molecule has 0 N–H and O–H groups in total. The van der Waals surface area contributed by atoms with Gasteiger partial charge in [-0.3, -0.25) is 9.59 Å². The van der Waals surface area contributed by atoms with Crippen molar-refractivity contribution in [2.45, 2.75) is 56.9 Å². The van der Waals surface area contributed by atoms with E-state index in [-0.39, 0.29) is 17.5 Å². The van der Waals surface area contributed by atoms with E-state index in [4.69, 9.17) is 19.0 Å². The lowest BCUT2D eigenvalue weighted by molar-refractivity contribution is -0.148. The monoisotopic (exact) mass is 456 g/mol. The van der Waals surface area contributed by atoms with Gasteiger partial charge in [0, 0.05) is 31.5 Å². The summed E-state index contributed by atoms with van der Waals surface area (Å²) in [5, 5.41) is 0. The molecule has 3 aliphatic heterocycles. The number of piperidine rings is 1. The van der Waals surface area contributed by atoms with E-state index < -0.39 is 23.1 Å². The van der Waals surface area contributed by atoms with Crippen LogP contribution in [0.5, 0.6) is 0 Å². The summed E-state index contributed by atoms with van der Waals surface area (Å²) in [6.45, 7) is 4.59. The van der Waals surface area contributed by atoms with Crippen LogP contribution in [0.4, 0.5) is 4.39 Å². The molecule has 2 unspecified atom stereocenters. The number of nitrogens with zero attached hydrogens (tertiary/aromatic N) is 2. The summed E-state index contributed by atoms with van der Waals surface area (Å²) in [5.74, 6) is 1.29. The standard InChI is InChI=1S/C27H26BFN2O3/c1-4-18-5-6-21(22(29)15-18)24(32)30-11-9-27(10-12-30)25(33)31-23(7-8-26(31,3)34-27)19-13-17(2)14-20(28)16-19/h1,5-6,13-16,23H,7-12H2,2-3H3. The lowest BCUT2D eigenvalue weighted by atomic mass is 9.87. The first kappa shape index (κ1) is 22.7. The number of aryl methyl sites for hydroxylation is 1. The maximum atomic E-state index is 14.4. The quantitative estimate of drug-likeness (QED) is 0.516. The SMILES string of the molecule is [B]c1cc(C)cc(C2CCC3(C)OC4(CCN(C(=O)c5ccc(C#C)cc5F)CC4)C(=O)N23)c1. The second-order valence-electron chi connectivity index (χ2n) is 9.81. The predicted octanol–water partition coefficient (Wildman–Crippen LogP) is 2.99. The third kappa shape index (κ3) is 3.52. The fourth-order valence-electron chi connectivity index (χ4n) is 5.81. The van der Waals surface area contributed by atoms with Crippen LogP contribution >= 0.6 is 0 Å². The first-order valence-corrected chi connectivity index (χ1v) is 11.6. The lowest BCUT2D eigenvalue weighted by Crippen LogP contribution is -2.51. The molecule has 3 aliphatic rings. The number of amides is 2. The van der Waals surface area contributed by atoms with Crippen LogP contribution in [-0.4, -0.2) is 53.9 Å². The van der Waals surface area contributed by atoms with Gasteiger partial charge in [-0.1, -0.05) is 35.1 Å². The van der Waals surface area contributed by atoms with Crippen molar-refractivity contribution >= 4 is 25.1 Å². The van der Waals surface area contributed by atoms with E-state index >= 15 is 0 Å². The summed E-state index contributed by atoms with van der Waals surface area (Å²) >= 11 is 0. The fraction of sp³-hybridized carbons (Fsp3) is 0.407. The minimum atomic E-state index is -0.967. The van der Waals surface area contributed by atoms with Crippen LogP contribution in [0.25, 0.3) is 0 Å². The molecule has 2 radical (unpaired) electrons. The van der Waals surface area contributed by atoms with Crippen LogP contribution in [0.2, 0.25) is 0 Å². The molecule has 0 saturated carbocycles. The van der Waals surface area contributed by atoms with Crippen molar-refractivity contribution in [3.63, 3.8) is 0 Å². The van der Waals surface area contributed by atoms with Crippen molar-refractivity contribution < 1.29 is 18.7 Å². The van der Waals surface area contributed by atoms with E-state index in [1.165, 1.54) is 12.1 Å². The summed E-state index contributed by atoms with van der Waals surface area (Å²) in [5.41, 5.74) is 1.47. The molecule has 0 aromatic heterocycles. The highest BCUT2D eigenvalue weighted by atomic mass is 19.1. The van der Waals surface area contributed by atoms with Crippen molar-refractivity contribution in [2.75, 3.05) is 13.1 Å². The lowest BCUT2D eigenvalue weighted by Gasteiger charge is -2.38. The molecule has 2 atom stereocenters. The largest absolute Gasteiger partial charge is 0.339 e. The Hall–Kier alpha value is -3.11. The molecule has 0 aliphatic carbocycles. The summed E-state index contributed by atoms with van der Waals surface area (Å²) in [6.07, 6.45) is 7.59. The van der Waals surface area contributed by atoms with Crippen LogP contribution in [0, 0.1) is 25.1 Å². The molecule has 7 heteroatoms. The Kier molecular flexibility index (Phi) is 5.33. The summed E-state index contributed by atoms with van der Waals surface area (Å²) < 4.78 is 21.0. The normalized spacial score (nSPS) is 25.5. The van der Waals surface area contributed by atoms with E-state index in [1.54, 1.807) is 11.0 Å². The minimum Gasteiger partial charge on any atom is -0.339 e. The second kappa shape index (κ2) is 7.99. The molecule has 1 spiro atoms. The third-order valence-corrected chi connectivity index (χ3v) is 7.46. The fourth-order valence-corrected chi connectivity index (χ4v) is 5.81. The number of terminal acetylenes is 1. The highest BCUT2D eigenvalue weighted by Gasteiger charge is 2.63. The molecule has 3 heterocycles. The predicted molar refractivity (Wildman–Crippen MR) is 127 cm³/mol. The van der Waals surface area contributed by atoms with Crippen molar-refractivity contribution in [1.29, 1.82) is 0 Å². The number of likely N-dealkylation sites (tertiary alicyclic amines) is 1. The van der Waals surface area contributed by atoms with Crippen molar-refractivity contribution in [2.24, 2.45) is 0 Å². The van der Waals surface area contributed by atoms with Crippen LogP contribution in [0.1, 0.15) is 65.7 Å². The number of rotatable bonds is 2. The van der Waals surface area contributed by atoms with Gasteiger partial charge in [-0.15, -0.1) is 6.42 Å². The van der Waals surface area contributed by atoms with Crippen LogP contribution in [0.3, 0.4) is 0 Å². The Bertz CT molecular complexity index is 1210. The Labute approximate surface area is 200 Å². The Morgan fingerprint density at radius 2 is 1.94 bits per heavy atom. The summed E-state index contributed by atoms with van der Waals surface area (Å²) in [6, 6.07) is 9.99. The van der Waals surface area contributed by atoms with Gasteiger partial charge in [0.25, 0.3) is 11.8 Å². The smallest absolute Gasteiger partial charge is 0.257 e.